The molecule has 0 amide bonds. The highest BCUT2D eigenvalue weighted by Gasteiger charge is 2.35. The Morgan fingerprint density at radius 3 is 2.44 bits per heavy atom. The highest BCUT2D eigenvalue weighted by molar-refractivity contribution is 4.91. The average Bonchev–Trinajstić information content (AvgIpc) is 2.34. The number of hydrogen-bond acceptors (Lipinski definition) is 2. The summed E-state index contributed by atoms with van der Waals surface area (Å²) in [5, 5.41) is 3.54. The smallest absolute Gasteiger partial charge is 0.0240 e. The number of nitrogens with zero attached hydrogens (tertiary/aromatic N) is 1. The first-order valence-corrected chi connectivity index (χ1v) is 7.93. The summed E-state index contributed by atoms with van der Waals surface area (Å²) in [4.78, 5) is 2.81. The van der Waals surface area contributed by atoms with E-state index >= 15 is 0 Å². The van der Waals surface area contributed by atoms with Gasteiger partial charge in [-0.25, -0.2) is 0 Å². The monoisotopic (exact) mass is 252 g/mol. The first kappa shape index (κ1) is 14.3. The van der Waals surface area contributed by atoms with Crippen LogP contribution in [-0.2, 0) is 0 Å². The van der Waals surface area contributed by atoms with Gasteiger partial charge in [0.15, 0.2) is 0 Å². The third-order valence-electron chi connectivity index (χ3n) is 5.17. The minimum Gasteiger partial charge on any atom is -0.315 e. The fourth-order valence-electron chi connectivity index (χ4n) is 3.99. The Morgan fingerprint density at radius 2 is 1.78 bits per heavy atom. The lowest BCUT2D eigenvalue weighted by Crippen LogP contribution is -2.54. The van der Waals surface area contributed by atoms with Crippen LogP contribution in [0.15, 0.2) is 0 Å². The molecule has 3 unspecified atom stereocenters. The molecule has 0 aromatic rings. The van der Waals surface area contributed by atoms with Crippen LogP contribution in [0.25, 0.3) is 0 Å². The zero-order valence-electron chi connectivity index (χ0n) is 12.8. The van der Waals surface area contributed by atoms with Gasteiger partial charge in [-0.2, -0.15) is 0 Å². The lowest BCUT2D eigenvalue weighted by atomic mass is 9.77. The number of likely N-dealkylation sites (tertiary alicyclic amines) is 1. The van der Waals surface area contributed by atoms with Crippen LogP contribution in [-0.4, -0.2) is 37.1 Å². The van der Waals surface area contributed by atoms with Crippen LogP contribution in [0.5, 0.6) is 0 Å². The van der Waals surface area contributed by atoms with Gasteiger partial charge in [-0.1, -0.05) is 33.6 Å². The molecule has 2 aliphatic rings. The Hall–Kier alpha value is -0.0800. The van der Waals surface area contributed by atoms with Crippen molar-refractivity contribution >= 4 is 0 Å². The fourth-order valence-corrected chi connectivity index (χ4v) is 3.99. The van der Waals surface area contributed by atoms with Gasteiger partial charge in [0.25, 0.3) is 0 Å². The number of likely N-dealkylation sites (N-methyl/N-ethyl adjacent to an activating group) is 1. The van der Waals surface area contributed by atoms with E-state index in [0.717, 1.165) is 12.0 Å². The third-order valence-corrected chi connectivity index (χ3v) is 5.17. The maximum absolute atomic E-state index is 3.54. The van der Waals surface area contributed by atoms with Crippen molar-refractivity contribution < 1.29 is 0 Å². The zero-order valence-corrected chi connectivity index (χ0v) is 12.8. The first-order valence-electron chi connectivity index (χ1n) is 7.93. The van der Waals surface area contributed by atoms with Gasteiger partial charge in [-0.3, -0.25) is 4.90 Å². The van der Waals surface area contributed by atoms with Crippen molar-refractivity contribution in [2.75, 3.05) is 20.1 Å². The molecular weight excluding hydrogens is 220 g/mol. The standard InChI is InChI=1S/C16H32N2/c1-16(2,3)15(17-4)12-18-11-7-9-13-8-5-6-10-14(13)18/h13-15,17H,5-12H2,1-4H3. The zero-order chi connectivity index (χ0) is 13.2. The van der Waals surface area contributed by atoms with Gasteiger partial charge in [0.05, 0.1) is 0 Å². The lowest BCUT2D eigenvalue weighted by molar-refractivity contribution is 0.0410. The van der Waals surface area contributed by atoms with Crippen LogP contribution in [0, 0.1) is 11.3 Å². The van der Waals surface area contributed by atoms with Crippen LogP contribution in [0.2, 0.25) is 0 Å². The normalized spacial score (nSPS) is 32.0. The van der Waals surface area contributed by atoms with Gasteiger partial charge in [-0.05, 0) is 50.6 Å². The number of hydrogen-bond donors (Lipinski definition) is 1. The van der Waals surface area contributed by atoms with Crippen LogP contribution in [0.4, 0.5) is 0 Å². The van der Waals surface area contributed by atoms with Crippen molar-refractivity contribution in [3.8, 4) is 0 Å². The molecule has 106 valence electrons. The van der Waals surface area contributed by atoms with E-state index in [9.17, 15) is 0 Å². The van der Waals surface area contributed by atoms with Gasteiger partial charge in [0, 0.05) is 18.6 Å². The van der Waals surface area contributed by atoms with Crippen LogP contribution in [0.3, 0.4) is 0 Å². The SMILES string of the molecule is CNC(CN1CCCC2CCCCC21)C(C)(C)C. The van der Waals surface area contributed by atoms with Gasteiger partial charge < -0.3 is 5.32 Å². The van der Waals surface area contributed by atoms with E-state index in [1.165, 1.54) is 51.6 Å². The quantitative estimate of drug-likeness (QED) is 0.829. The van der Waals surface area contributed by atoms with Crippen molar-refractivity contribution in [2.24, 2.45) is 11.3 Å². The Labute approximate surface area is 114 Å². The molecule has 1 saturated heterocycles. The predicted molar refractivity (Wildman–Crippen MR) is 78.9 cm³/mol. The Morgan fingerprint density at radius 1 is 1.11 bits per heavy atom. The molecule has 1 aliphatic carbocycles. The van der Waals surface area contributed by atoms with Gasteiger partial charge >= 0.3 is 0 Å². The Bertz CT molecular complexity index is 254. The molecule has 1 saturated carbocycles. The molecule has 2 fully saturated rings. The maximum Gasteiger partial charge on any atom is 0.0240 e. The molecule has 2 heteroatoms. The molecule has 1 heterocycles. The summed E-state index contributed by atoms with van der Waals surface area (Å²) >= 11 is 0. The molecule has 1 aliphatic heterocycles. The Kier molecular flexibility index (Phi) is 4.71. The number of piperidine rings is 1. The summed E-state index contributed by atoms with van der Waals surface area (Å²) in [6.45, 7) is 9.64. The lowest BCUT2D eigenvalue weighted by Gasteiger charge is -2.47. The molecule has 0 bridgehead atoms. The third kappa shape index (κ3) is 3.27. The van der Waals surface area contributed by atoms with Crippen LogP contribution >= 0.6 is 0 Å². The molecule has 0 radical (unpaired) electrons. The van der Waals surface area contributed by atoms with E-state index in [1.54, 1.807) is 0 Å². The summed E-state index contributed by atoms with van der Waals surface area (Å²) < 4.78 is 0. The summed E-state index contributed by atoms with van der Waals surface area (Å²) in [5.41, 5.74) is 0.358. The van der Waals surface area contributed by atoms with Gasteiger partial charge in [0.2, 0.25) is 0 Å². The minimum absolute atomic E-state index is 0.358. The van der Waals surface area contributed by atoms with Crippen LogP contribution < -0.4 is 5.32 Å². The second-order valence-electron chi connectivity index (χ2n) is 7.46. The van der Waals surface area contributed by atoms with Gasteiger partial charge in [-0.15, -0.1) is 0 Å². The molecule has 2 rings (SSSR count). The minimum atomic E-state index is 0.358. The summed E-state index contributed by atoms with van der Waals surface area (Å²) in [5.74, 6) is 1.00. The largest absolute Gasteiger partial charge is 0.315 e. The maximum atomic E-state index is 3.54. The number of nitrogens with one attached hydrogen (secondary N) is 1. The van der Waals surface area contributed by atoms with Crippen LogP contribution in [0.1, 0.15) is 59.3 Å². The summed E-state index contributed by atoms with van der Waals surface area (Å²) in [7, 11) is 2.12. The van der Waals surface area contributed by atoms with E-state index in [-0.39, 0.29) is 0 Å². The predicted octanol–water partition coefficient (Wildman–Crippen LogP) is 3.28. The van der Waals surface area contributed by atoms with Crippen molar-refractivity contribution in [1.82, 2.24) is 10.2 Å². The molecule has 1 N–H and O–H groups in total. The van der Waals surface area contributed by atoms with E-state index in [4.69, 9.17) is 0 Å². The molecule has 3 atom stereocenters. The molecule has 0 spiro atoms. The summed E-state index contributed by atoms with van der Waals surface area (Å²) in [6, 6.07) is 1.50. The number of fused-ring (bicyclic) bond motifs is 1. The second-order valence-corrected chi connectivity index (χ2v) is 7.46. The van der Waals surface area contributed by atoms with Crippen molar-refractivity contribution in [1.29, 1.82) is 0 Å². The Balaban J connectivity index is 1.98. The highest BCUT2D eigenvalue weighted by atomic mass is 15.2. The molecule has 0 aromatic heterocycles. The molecule has 18 heavy (non-hydrogen) atoms. The van der Waals surface area contributed by atoms with Crippen molar-refractivity contribution in [3.63, 3.8) is 0 Å². The van der Waals surface area contributed by atoms with Crippen molar-refractivity contribution in [2.45, 2.75) is 71.4 Å². The van der Waals surface area contributed by atoms with E-state index < -0.39 is 0 Å². The number of rotatable bonds is 3. The fraction of sp³-hybridized carbons (Fsp3) is 1.00. The second kappa shape index (κ2) is 5.92. The van der Waals surface area contributed by atoms with E-state index in [1.807, 2.05) is 0 Å². The topological polar surface area (TPSA) is 15.3 Å². The molecule has 2 nitrogen and oxygen atoms in total. The summed E-state index contributed by atoms with van der Waals surface area (Å²) in [6.07, 6.45) is 8.77. The highest BCUT2D eigenvalue weighted by Crippen LogP contribution is 2.36. The van der Waals surface area contributed by atoms with Gasteiger partial charge in [0.1, 0.15) is 0 Å². The molecule has 0 aromatic carbocycles. The van der Waals surface area contributed by atoms with E-state index in [2.05, 4.69) is 38.0 Å². The van der Waals surface area contributed by atoms with Crippen molar-refractivity contribution in [3.05, 3.63) is 0 Å². The first-order chi connectivity index (χ1) is 8.52. The van der Waals surface area contributed by atoms with E-state index in [0.29, 0.717) is 11.5 Å². The average molecular weight is 252 g/mol. The molecular formula is C16H32N2.